The van der Waals surface area contributed by atoms with Crippen molar-refractivity contribution < 1.29 is 169 Å². The Hall–Kier alpha value is -8.53. The number of carboxylic acid groups (broad SMARTS) is 3. The molecule has 47 heteroatoms. The van der Waals surface area contributed by atoms with Gasteiger partial charge in [-0.3, -0.25) is 43.7 Å². The molecule has 3 aromatic heterocycles. The van der Waals surface area contributed by atoms with Gasteiger partial charge in [0.2, 0.25) is 11.8 Å². The smallest absolute Gasteiger partial charge is 0.337 e. The SMILES string of the molecule is CCOC(=O)CC(NC(=O)CN)c1cc(C)c[c-]c1O.CNCC(=O)CNC.CNCC(F)(F)CNC.CSC(N)=Nc1cncc(C(=O)O)c1.Cc1c[c-]c(O)c(C(CC(=O)O)NC(=O)CNC(=O)c2cncc(NC3=NCC(F)(F)CN3)c2)c1.Cl.NCC(F)(F)CN.O=C(O)c1cncc(NC2=NCC(F)(F)CN2)c1.[Y].[Y]. The summed E-state index contributed by atoms with van der Waals surface area (Å²) in [6.07, 6.45) is 9.11. The first kappa shape index (κ1) is 110. The van der Waals surface area contributed by atoms with Gasteiger partial charge in [0.1, 0.15) is 13.1 Å². The van der Waals surface area contributed by atoms with Crippen LogP contribution in [0.25, 0.3) is 0 Å². The van der Waals surface area contributed by atoms with E-state index < -0.39 is 130 Å². The standard InChI is InChI=1S/C22H23F2N6O5.C14H19N2O4.C10H10F2N4O2.C8H9N3O2S.C5H12F2N2.C5H12N2O.C3H8F2N2.ClH.2Y/c1-12-2-3-17(31)15(4-12)16(6-19(33)34)30-18(32)9-26-20(35)13-5-14(8-25-7-13)29-21-27-10-22(23,24)11-28-21;1-3-20-14(19)7-11(16-13(18)8-15)10-6-9(2)4-5-12(10)17;11-10(12)4-14-9(15-5-10)16-7-1-6(8(17)18)2-13-3-7;1-14-8(9)11-6-2-5(7(12)13)3-10-4-6;1-8-3-5(6,7)4-9-2;1-6-3-5(8)4-7-2;4-3(5,1-6)2-7;;;/h2,4-5,7-8,16,31H,6,9-11H2,1H3,(H,26,35)(H,30,32)(H,33,34)(H2,27,28,29);4,6,11,17H,3,7-8,15H2,1-2H3,(H,16,18);1-3H,4-5H2,(H,17,18)(H2,14,15,16);2-4H,1H3,(H2,9,11)(H,12,13);8-9H,3-4H2,1-2H3;6-7H,3-4H2,1-2H3;1-2,6-7H2;1H;;/q2*-1;;;;;;;;. The van der Waals surface area contributed by atoms with Crippen LogP contribution < -0.4 is 81.4 Å². The Labute approximate surface area is 712 Å². The van der Waals surface area contributed by atoms with Crippen LogP contribution >= 0.6 is 24.2 Å². The molecule has 35 nitrogen and oxygen atoms in total. The molecule has 5 heterocycles. The maximum Gasteiger partial charge on any atom is 0.337 e. The molecule has 2 unspecified atom stereocenters. The average Bonchev–Trinajstić information content (AvgIpc) is 0.846. The van der Waals surface area contributed by atoms with E-state index >= 15 is 0 Å². The maximum atomic E-state index is 13.2. The number of Topliss-reactive ketones (excluding diaryl/α,β-unsaturated/α-hetero) is 1. The van der Waals surface area contributed by atoms with E-state index in [1.807, 2.05) is 6.92 Å². The van der Waals surface area contributed by atoms with Gasteiger partial charge in [-0.2, -0.15) is 35.4 Å². The van der Waals surface area contributed by atoms with Gasteiger partial charge in [0.15, 0.2) is 22.9 Å². The van der Waals surface area contributed by atoms with Crippen molar-refractivity contribution in [1.29, 1.82) is 0 Å². The number of aliphatic imine (C=N–C) groups is 3. The van der Waals surface area contributed by atoms with Crippen molar-refractivity contribution >= 4 is 106 Å². The van der Waals surface area contributed by atoms with Gasteiger partial charge in [0, 0.05) is 108 Å². The van der Waals surface area contributed by atoms with Gasteiger partial charge in [0.25, 0.3) is 29.6 Å². The number of hydrogen-bond donors (Lipinski definition) is 20. The summed E-state index contributed by atoms with van der Waals surface area (Å²) in [5.74, 6) is -16.8. The second-order valence-corrected chi connectivity index (χ2v) is 23.9. The monoisotopic (exact) mass is 1810 g/mol. The molecule has 7 rings (SSSR count). The third-order valence-electron chi connectivity index (χ3n) is 13.4. The number of carboxylic acids is 3. The fraction of sp³-hybridized carbons (Fsp3) is 0.433. The number of ketones is 1. The second-order valence-electron chi connectivity index (χ2n) is 23.1. The van der Waals surface area contributed by atoms with E-state index in [2.05, 4.69) is 112 Å². The van der Waals surface area contributed by atoms with Crippen molar-refractivity contribution in [3.05, 3.63) is 131 Å². The van der Waals surface area contributed by atoms with E-state index in [-0.39, 0.29) is 162 Å². The minimum atomic E-state index is -2.94. The Bertz CT molecular complexity index is 3910. The summed E-state index contributed by atoms with van der Waals surface area (Å²) in [5.41, 5.74) is 23.4. The van der Waals surface area contributed by atoms with Crippen molar-refractivity contribution in [2.75, 3.05) is 130 Å². The zero-order chi connectivity index (χ0) is 84.1. The molecule has 114 heavy (non-hydrogen) atoms. The third kappa shape index (κ3) is 47.4. The number of phenolic OH excluding ortho intramolecular Hbond substituents is 2. The van der Waals surface area contributed by atoms with E-state index in [1.54, 1.807) is 46.3 Å². The number of phenols is 2. The molecule has 0 bridgehead atoms. The van der Waals surface area contributed by atoms with Gasteiger partial charge >= 0.3 is 23.9 Å². The van der Waals surface area contributed by atoms with Crippen molar-refractivity contribution in [1.82, 2.24) is 62.8 Å². The molecule has 2 aliphatic rings. The first-order valence-corrected chi connectivity index (χ1v) is 34.1. The molecule has 5 aromatic rings. The van der Waals surface area contributed by atoms with E-state index in [0.29, 0.717) is 46.4 Å². The van der Waals surface area contributed by atoms with Crippen LogP contribution in [0.3, 0.4) is 0 Å². The Balaban J connectivity index is -0.00000135. The van der Waals surface area contributed by atoms with Gasteiger partial charge < -0.3 is 112 Å². The molecule has 0 aliphatic carbocycles. The molecule has 628 valence electrons. The Morgan fingerprint density at radius 3 is 1.45 bits per heavy atom. The number of carbonyl (C=O) groups excluding carboxylic acids is 5. The van der Waals surface area contributed by atoms with Crippen molar-refractivity contribution in [3.63, 3.8) is 0 Å². The molecule has 2 aliphatic heterocycles. The number of aliphatic carboxylic acids is 1. The van der Waals surface area contributed by atoms with Crippen LogP contribution in [0, 0.1) is 26.0 Å². The number of aromatic carboxylic acids is 2. The van der Waals surface area contributed by atoms with E-state index in [9.17, 15) is 88.8 Å². The van der Waals surface area contributed by atoms with Crippen molar-refractivity contribution in [3.8, 4) is 11.5 Å². The number of alkyl halides is 8. The number of amidine groups is 1. The topological polar surface area (TPSA) is 559 Å². The van der Waals surface area contributed by atoms with Crippen LogP contribution in [0.4, 0.5) is 52.2 Å². The molecule has 0 saturated heterocycles. The second kappa shape index (κ2) is 57.5. The molecule has 2 atom stereocenters. The number of anilines is 2. The Morgan fingerprint density at radius 1 is 0.632 bits per heavy atom. The molecule has 24 N–H and O–H groups in total. The number of amides is 3. The van der Waals surface area contributed by atoms with Gasteiger partial charge in [0.05, 0.1) is 137 Å². The fourth-order valence-corrected chi connectivity index (χ4v) is 8.41. The quantitative estimate of drug-likeness (QED) is 0.0112. The molecule has 0 fully saturated rings. The summed E-state index contributed by atoms with van der Waals surface area (Å²) in [6.45, 7) is 1.51. The number of thioether (sulfide) groups is 1. The third-order valence-corrected chi connectivity index (χ3v) is 13.9. The van der Waals surface area contributed by atoms with E-state index in [4.69, 9.17) is 26.4 Å². The van der Waals surface area contributed by atoms with Crippen LogP contribution in [0.15, 0.2) is 94.6 Å². The number of likely N-dealkylation sites (N-methyl/N-ethyl adjacent to an activating group) is 2. The van der Waals surface area contributed by atoms with Crippen molar-refractivity contribution in [2.45, 2.75) is 69.4 Å². The molecule has 2 radical (unpaired) electrons. The summed E-state index contributed by atoms with van der Waals surface area (Å²) >= 11 is 1.29. The average molecular weight is 1810 g/mol. The minimum Gasteiger partial charge on any atom is -0.534 e. The molecule has 3 amide bonds. The van der Waals surface area contributed by atoms with Gasteiger partial charge in [-0.15, -0.1) is 24.5 Å². The van der Waals surface area contributed by atoms with Gasteiger partial charge in [-0.1, -0.05) is 36.7 Å². The van der Waals surface area contributed by atoms with Crippen LogP contribution in [0.2, 0.25) is 0 Å². The van der Waals surface area contributed by atoms with Crippen LogP contribution in [0.1, 0.15) is 85.2 Å². The molecule has 0 spiro atoms. The van der Waals surface area contributed by atoms with Gasteiger partial charge in [-0.25, -0.2) is 59.7 Å². The number of nitrogens with two attached hydrogens (primary N) is 4. The summed E-state index contributed by atoms with van der Waals surface area (Å²) in [5, 5.41) is 75.0. The largest absolute Gasteiger partial charge is 0.534 e. The number of aromatic nitrogens is 3. The number of carbonyl (C=O) groups is 8. The summed E-state index contributed by atoms with van der Waals surface area (Å²) in [4.78, 5) is 114. The molecule has 0 saturated carbocycles. The number of guanidine groups is 2. The zero-order valence-electron chi connectivity index (χ0n) is 63.2. The number of ether oxygens (including phenoxy) is 1. The van der Waals surface area contributed by atoms with Crippen LogP contribution in [0.5, 0.6) is 11.5 Å². The van der Waals surface area contributed by atoms with Crippen molar-refractivity contribution in [2.24, 2.45) is 37.9 Å². The number of aromatic hydroxyl groups is 2. The normalized spacial score (nSPS) is 13.2. The Kier molecular flexibility index (Phi) is 55.3. The number of aryl methyl sites for hydroxylation is 2. The van der Waals surface area contributed by atoms with Gasteiger partial charge in [-0.05, 0) is 59.6 Å². The van der Waals surface area contributed by atoms with E-state index in [0.717, 1.165) is 5.56 Å². The number of nitrogens with one attached hydrogen (secondary N) is 11. The number of halogens is 9. The number of hydrogen-bond acceptors (Lipinski definition) is 29. The Morgan fingerprint density at radius 2 is 1.06 bits per heavy atom. The number of nitrogens with zero attached hydrogens (tertiary/aromatic N) is 6. The predicted molar refractivity (Wildman–Crippen MR) is 405 cm³/mol. The maximum absolute atomic E-state index is 13.2. The number of rotatable bonds is 28. The number of benzene rings is 2. The summed E-state index contributed by atoms with van der Waals surface area (Å²) < 4.78 is 105. The summed E-state index contributed by atoms with van der Waals surface area (Å²) in [7, 11) is 6.52. The minimum absolute atomic E-state index is 0. The molecular weight excluding hydrogens is 1720 g/mol. The van der Waals surface area contributed by atoms with E-state index in [1.165, 1.54) is 93.4 Å². The molecule has 2 aromatic carbocycles. The van der Waals surface area contributed by atoms with Crippen LogP contribution in [-0.4, -0.2) is 248 Å². The number of pyridine rings is 3. The van der Waals surface area contributed by atoms with Crippen LogP contribution in [-0.2, 0) is 94.1 Å². The first-order valence-electron chi connectivity index (χ1n) is 32.8. The summed E-state index contributed by atoms with van der Waals surface area (Å²) in [6, 6.07) is 14.0. The predicted octanol–water partition coefficient (Wildman–Crippen LogP) is 2.42. The zero-order valence-corrected chi connectivity index (χ0v) is 70.5. The first-order chi connectivity index (χ1) is 52.1. The fourth-order valence-electron chi connectivity index (χ4n) is 8.21. The molecular formula is C67H94ClF8N21O14SY2-2. The number of esters is 1.